The number of para-hydroxylation sites is 1. The van der Waals surface area contributed by atoms with E-state index in [4.69, 9.17) is 0 Å². The van der Waals surface area contributed by atoms with Gasteiger partial charge in [0.25, 0.3) is 0 Å². The van der Waals surface area contributed by atoms with Crippen LogP contribution in [0.15, 0.2) is 60.8 Å². The highest BCUT2D eigenvalue weighted by Gasteiger charge is 2.08. The van der Waals surface area contributed by atoms with Gasteiger partial charge in [-0.15, -0.1) is 0 Å². The van der Waals surface area contributed by atoms with E-state index in [-0.39, 0.29) is 0 Å². The number of benzene rings is 2. The van der Waals surface area contributed by atoms with Crippen molar-refractivity contribution in [3.05, 3.63) is 66.4 Å². The molecular weight excluding hydrogens is 346 g/mol. The lowest BCUT2D eigenvalue weighted by Crippen LogP contribution is -2.21. The minimum absolute atomic E-state index is 0.425. The fourth-order valence-corrected chi connectivity index (χ4v) is 3.22. The van der Waals surface area contributed by atoms with Crippen LogP contribution in [0.3, 0.4) is 0 Å². The molecule has 0 aliphatic rings. The molecular formula is C23H29N5. The molecule has 0 fully saturated rings. The van der Waals surface area contributed by atoms with Crippen LogP contribution in [-0.4, -0.2) is 23.1 Å². The van der Waals surface area contributed by atoms with Crippen molar-refractivity contribution in [2.24, 2.45) is 0 Å². The summed E-state index contributed by atoms with van der Waals surface area (Å²) in [6.07, 6.45) is 1.76. The van der Waals surface area contributed by atoms with E-state index >= 15 is 0 Å². The lowest BCUT2D eigenvalue weighted by molar-refractivity contribution is 0.866. The third-order valence-electron chi connectivity index (χ3n) is 4.75. The second kappa shape index (κ2) is 9.22. The van der Waals surface area contributed by atoms with Crippen LogP contribution in [0.2, 0.25) is 0 Å². The molecule has 0 radical (unpaired) electrons. The lowest BCUT2D eigenvalue weighted by Gasteiger charge is -2.21. The van der Waals surface area contributed by atoms with Gasteiger partial charge in [-0.2, -0.15) is 4.98 Å². The van der Waals surface area contributed by atoms with E-state index in [0.717, 1.165) is 30.3 Å². The Morgan fingerprint density at radius 3 is 2.29 bits per heavy atom. The zero-order valence-electron chi connectivity index (χ0n) is 17.1. The highest BCUT2D eigenvalue weighted by atomic mass is 15.1. The second-order valence-electron chi connectivity index (χ2n) is 6.98. The van der Waals surface area contributed by atoms with E-state index in [1.807, 2.05) is 12.1 Å². The number of hydrogen-bond donors (Lipinski definition) is 2. The molecule has 0 bridgehead atoms. The summed E-state index contributed by atoms with van der Waals surface area (Å²) in [4.78, 5) is 11.3. The molecule has 146 valence electrons. The van der Waals surface area contributed by atoms with Gasteiger partial charge in [0.2, 0.25) is 5.95 Å². The van der Waals surface area contributed by atoms with E-state index in [0.29, 0.717) is 11.9 Å². The topological polar surface area (TPSA) is 53.1 Å². The number of nitrogens with zero attached hydrogens (tertiary/aromatic N) is 3. The summed E-state index contributed by atoms with van der Waals surface area (Å²) in [7, 11) is 0. The lowest BCUT2D eigenvalue weighted by atomic mass is 10.0. The van der Waals surface area contributed by atoms with Gasteiger partial charge in [0.1, 0.15) is 5.82 Å². The molecule has 3 aromatic rings. The molecule has 0 aliphatic carbocycles. The van der Waals surface area contributed by atoms with Gasteiger partial charge < -0.3 is 15.5 Å². The van der Waals surface area contributed by atoms with Gasteiger partial charge in [0, 0.05) is 36.3 Å². The third-order valence-corrected chi connectivity index (χ3v) is 4.75. The van der Waals surface area contributed by atoms with Crippen LogP contribution < -0.4 is 15.5 Å². The highest BCUT2D eigenvalue weighted by molar-refractivity contribution is 5.63. The molecule has 2 aromatic carbocycles. The molecule has 2 N–H and O–H groups in total. The van der Waals surface area contributed by atoms with E-state index in [9.17, 15) is 0 Å². The summed E-state index contributed by atoms with van der Waals surface area (Å²) in [6, 6.07) is 18.6. The summed E-state index contributed by atoms with van der Waals surface area (Å²) in [5.41, 5.74) is 4.52. The summed E-state index contributed by atoms with van der Waals surface area (Å²) >= 11 is 0. The van der Waals surface area contributed by atoms with Crippen molar-refractivity contribution in [2.45, 2.75) is 33.6 Å². The van der Waals surface area contributed by atoms with Gasteiger partial charge in [-0.1, -0.05) is 32.0 Å². The molecule has 28 heavy (non-hydrogen) atoms. The maximum absolute atomic E-state index is 4.61. The maximum Gasteiger partial charge on any atom is 0.229 e. The molecule has 0 atom stereocenters. The molecule has 5 heteroatoms. The Kier molecular flexibility index (Phi) is 6.48. The number of hydrogen-bond acceptors (Lipinski definition) is 5. The van der Waals surface area contributed by atoms with E-state index in [2.05, 4.69) is 95.7 Å². The highest BCUT2D eigenvalue weighted by Crippen LogP contribution is 2.26. The van der Waals surface area contributed by atoms with Gasteiger partial charge in [-0.3, -0.25) is 0 Å². The number of nitrogens with one attached hydrogen (secondary N) is 2. The molecule has 0 spiro atoms. The monoisotopic (exact) mass is 375 g/mol. The van der Waals surface area contributed by atoms with Gasteiger partial charge in [0.05, 0.1) is 0 Å². The molecule has 0 unspecified atom stereocenters. The van der Waals surface area contributed by atoms with Crippen LogP contribution in [0.25, 0.3) is 0 Å². The largest absolute Gasteiger partial charge is 0.372 e. The van der Waals surface area contributed by atoms with Crippen LogP contribution in [0.1, 0.15) is 39.2 Å². The van der Waals surface area contributed by atoms with Crippen molar-refractivity contribution in [1.82, 2.24) is 9.97 Å². The summed E-state index contributed by atoms with van der Waals surface area (Å²) < 4.78 is 0. The number of anilines is 5. The van der Waals surface area contributed by atoms with Crippen LogP contribution in [0, 0.1) is 0 Å². The van der Waals surface area contributed by atoms with Crippen LogP contribution in [-0.2, 0) is 0 Å². The number of rotatable bonds is 8. The van der Waals surface area contributed by atoms with Gasteiger partial charge >= 0.3 is 0 Å². The fourth-order valence-electron chi connectivity index (χ4n) is 3.22. The van der Waals surface area contributed by atoms with Crippen molar-refractivity contribution in [2.75, 3.05) is 28.6 Å². The molecule has 3 rings (SSSR count). The molecule has 0 amide bonds. The predicted octanol–water partition coefficient (Wildman–Crippen LogP) is 5.93. The quantitative estimate of drug-likeness (QED) is 0.511. The van der Waals surface area contributed by atoms with Crippen molar-refractivity contribution < 1.29 is 0 Å². The first-order valence-electron chi connectivity index (χ1n) is 9.91. The van der Waals surface area contributed by atoms with Gasteiger partial charge in [0.15, 0.2) is 0 Å². The Hall–Kier alpha value is -3.08. The predicted molar refractivity (Wildman–Crippen MR) is 119 cm³/mol. The van der Waals surface area contributed by atoms with E-state index in [1.165, 1.54) is 11.3 Å². The summed E-state index contributed by atoms with van der Waals surface area (Å²) in [5.74, 6) is 1.77. The van der Waals surface area contributed by atoms with Crippen LogP contribution in [0.4, 0.5) is 28.8 Å². The first kappa shape index (κ1) is 19.7. The molecule has 5 nitrogen and oxygen atoms in total. The third kappa shape index (κ3) is 4.80. The standard InChI is InChI=1S/C23H29N5/c1-5-28(6-2)19-13-11-18(12-14-19)25-22-15-16-24-23(27-22)26-21-10-8-7-9-20(21)17(3)4/h7-17H,5-6H2,1-4H3,(H2,24,25,26,27). The first-order valence-corrected chi connectivity index (χ1v) is 9.91. The molecule has 0 saturated carbocycles. The van der Waals surface area contributed by atoms with Gasteiger partial charge in [-0.25, -0.2) is 4.98 Å². The Balaban J connectivity index is 1.74. The average molecular weight is 376 g/mol. The average Bonchev–Trinajstić information content (AvgIpc) is 2.71. The SMILES string of the molecule is CCN(CC)c1ccc(Nc2ccnc(Nc3ccccc3C(C)C)n2)cc1. The maximum atomic E-state index is 4.61. The first-order chi connectivity index (χ1) is 13.6. The minimum Gasteiger partial charge on any atom is -0.372 e. The molecule has 0 saturated heterocycles. The van der Waals surface area contributed by atoms with Gasteiger partial charge in [-0.05, 0) is 61.7 Å². The Labute approximate surface area is 167 Å². The zero-order chi connectivity index (χ0) is 19.9. The Morgan fingerprint density at radius 2 is 1.61 bits per heavy atom. The van der Waals surface area contributed by atoms with Crippen molar-refractivity contribution in [3.8, 4) is 0 Å². The van der Waals surface area contributed by atoms with Crippen LogP contribution >= 0.6 is 0 Å². The fraction of sp³-hybridized carbons (Fsp3) is 0.304. The minimum atomic E-state index is 0.425. The van der Waals surface area contributed by atoms with E-state index < -0.39 is 0 Å². The zero-order valence-corrected chi connectivity index (χ0v) is 17.1. The molecule has 0 aliphatic heterocycles. The van der Waals surface area contributed by atoms with E-state index in [1.54, 1.807) is 6.20 Å². The summed E-state index contributed by atoms with van der Waals surface area (Å²) in [6.45, 7) is 10.7. The van der Waals surface area contributed by atoms with Crippen molar-refractivity contribution in [3.63, 3.8) is 0 Å². The molecule has 1 heterocycles. The second-order valence-corrected chi connectivity index (χ2v) is 6.98. The number of aromatic nitrogens is 2. The van der Waals surface area contributed by atoms with Crippen molar-refractivity contribution >= 4 is 28.8 Å². The smallest absolute Gasteiger partial charge is 0.229 e. The Bertz CT molecular complexity index is 886. The van der Waals surface area contributed by atoms with Crippen molar-refractivity contribution in [1.29, 1.82) is 0 Å². The normalized spacial score (nSPS) is 10.8. The Morgan fingerprint density at radius 1 is 0.893 bits per heavy atom. The van der Waals surface area contributed by atoms with Crippen LogP contribution in [0.5, 0.6) is 0 Å². The molecule has 1 aromatic heterocycles. The summed E-state index contributed by atoms with van der Waals surface area (Å²) in [5, 5.41) is 6.71.